The van der Waals surface area contributed by atoms with Crippen LogP contribution >= 0.6 is 15.9 Å². The largest absolute Gasteiger partial charge is 0.351 e. The number of nitrogen functional groups attached to an aromatic ring is 1. The summed E-state index contributed by atoms with van der Waals surface area (Å²) in [5.41, 5.74) is 2.77. The second kappa shape index (κ2) is 6.44. The minimum absolute atomic E-state index is 0.261. The highest BCUT2D eigenvalue weighted by atomic mass is 79.9. The molecule has 9 heteroatoms. The molecule has 0 radical (unpaired) electrons. The van der Waals surface area contributed by atoms with Crippen molar-refractivity contribution in [3.8, 4) is 0 Å². The van der Waals surface area contributed by atoms with Crippen LogP contribution in [0.1, 0.15) is 16.2 Å². The molecule has 0 saturated heterocycles. The summed E-state index contributed by atoms with van der Waals surface area (Å²) in [6.45, 7) is 0.430. The van der Waals surface area contributed by atoms with Crippen LogP contribution in [0.15, 0.2) is 23.1 Å². The third-order valence-electron chi connectivity index (χ3n) is 2.52. The van der Waals surface area contributed by atoms with E-state index in [1.165, 1.54) is 0 Å². The van der Waals surface area contributed by atoms with E-state index in [1.807, 2.05) is 0 Å². The summed E-state index contributed by atoms with van der Waals surface area (Å²) in [4.78, 5) is 20.2. The maximum absolute atomic E-state index is 12.1. The molecule has 0 aromatic carbocycles. The predicted octanol–water partition coefficient (Wildman–Crippen LogP) is 0.231. The quantitative estimate of drug-likeness (QED) is 0.531. The number of halogens is 1. The summed E-state index contributed by atoms with van der Waals surface area (Å²) in [7, 11) is 1.79. The number of anilines is 1. The van der Waals surface area contributed by atoms with Crippen LogP contribution in [0.2, 0.25) is 0 Å². The van der Waals surface area contributed by atoms with E-state index in [0.29, 0.717) is 34.6 Å². The van der Waals surface area contributed by atoms with Gasteiger partial charge < -0.3 is 10.7 Å². The van der Waals surface area contributed by atoms with Crippen molar-refractivity contribution in [2.24, 2.45) is 12.9 Å². The first-order valence-electron chi connectivity index (χ1n) is 5.85. The minimum Gasteiger partial charge on any atom is -0.351 e. The van der Waals surface area contributed by atoms with Gasteiger partial charge in [-0.2, -0.15) is 5.10 Å². The Morgan fingerprint density at radius 1 is 1.50 bits per heavy atom. The molecule has 20 heavy (non-hydrogen) atoms. The molecule has 4 N–H and O–H groups in total. The smallest absolute Gasteiger partial charge is 0.255 e. The lowest BCUT2D eigenvalue weighted by Crippen LogP contribution is -2.27. The third kappa shape index (κ3) is 3.52. The molecule has 106 valence electrons. The van der Waals surface area contributed by atoms with E-state index in [1.54, 1.807) is 30.3 Å². The zero-order valence-electron chi connectivity index (χ0n) is 10.8. The van der Waals surface area contributed by atoms with Gasteiger partial charge in [0.1, 0.15) is 6.33 Å². The molecule has 0 bridgehead atoms. The average Bonchev–Trinajstić information content (AvgIpc) is 2.84. The first-order valence-corrected chi connectivity index (χ1v) is 6.64. The van der Waals surface area contributed by atoms with Crippen molar-refractivity contribution in [3.63, 3.8) is 0 Å². The summed E-state index contributed by atoms with van der Waals surface area (Å²) in [6.07, 6.45) is 3.73. The van der Waals surface area contributed by atoms with Crippen LogP contribution in [-0.2, 0) is 13.5 Å². The Hall–Kier alpha value is -2.00. The first kappa shape index (κ1) is 14.4. The zero-order chi connectivity index (χ0) is 14.5. The number of nitrogens with two attached hydrogens (primary N) is 1. The summed E-state index contributed by atoms with van der Waals surface area (Å²) >= 11 is 3.27. The highest BCUT2D eigenvalue weighted by molar-refractivity contribution is 9.10. The number of hydrazine groups is 1. The van der Waals surface area contributed by atoms with Gasteiger partial charge in [0.25, 0.3) is 5.91 Å². The number of aryl methyl sites for hydroxylation is 1. The summed E-state index contributed by atoms with van der Waals surface area (Å²) < 4.78 is 2.32. The van der Waals surface area contributed by atoms with Crippen molar-refractivity contribution in [2.75, 3.05) is 12.0 Å². The fourth-order valence-corrected chi connectivity index (χ4v) is 1.94. The second-order valence-electron chi connectivity index (χ2n) is 4.03. The topological polar surface area (TPSA) is 111 Å². The molecule has 0 atom stereocenters. The van der Waals surface area contributed by atoms with Crippen molar-refractivity contribution in [1.82, 2.24) is 25.1 Å². The molecular formula is C11H14BrN7O. The van der Waals surface area contributed by atoms with E-state index in [2.05, 4.69) is 41.7 Å². The Kier molecular flexibility index (Phi) is 4.64. The molecule has 0 aliphatic rings. The van der Waals surface area contributed by atoms with Crippen molar-refractivity contribution in [1.29, 1.82) is 0 Å². The predicted molar refractivity (Wildman–Crippen MR) is 76.8 cm³/mol. The average molecular weight is 340 g/mol. The number of rotatable bonds is 5. The molecule has 2 rings (SSSR count). The fourth-order valence-electron chi connectivity index (χ4n) is 1.61. The molecule has 8 nitrogen and oxygen atoms in total. The molecule has 0 unspecified atom stereocenters. The van der Waals surface area contributed by atoms with Crippen LogP contribution < -0.4 is 16.6 Å². The van der Waals surface area contributed by atoms with Crippen LogP contribution in [0, 0.1) is 0 Å². The second-order valence-corrected chi connectivity index (χ2v) is 4.95. The van der Waals surface area contributed by atoms with Gasteiger partial charge in [0, 0.05) is 30.7 Å². The number of nitrogens with one attached hydrogen (secondary N) is 2. The fraction of sp³-hybridized carbons (Fsp3) is 0.273. The minimum atomic E-state index is -0.261. The third-order valence-corrected chi connectivity index (χ3v) is 2.95. The number of amides is 1. The SMILES string of the molecule is Cn1cnc(CCNC(=O)c2cc(Br)cnc2NN)n1. The molecule has 0 aliphatic carbocycles. The zero-order valence-corrected chi connectivity index (χ0v) is 12.4. The summed E-state index contributed by atoms with van der Waals surface area (Å²) in [5, 5.41) is 6.90. The Morgan fingerprint density at radius 2 is 2.30 bits per heavy atom. The Labute approximate surface area is 123 Å². The van der Waals surface area contributed by atoms with Crippen molar-refractivity contribution < 1.29 is 4.79 Å². The van der Waals surface area contributed by atoms with Gasteiger partial charge in [-0.3, -0.25) is 9.48 Å². The van der Waals surface area contributed by atoms with Crippen LogP contribution in [0.4, 0.5) is 5.82 Å². The van der Waals surface area contributed by atoms with Crippen LogP contribution in [0.5, 0.6) is 0 Å². The Bertz CT molecular complexity index is 613. The molecule has 0 spiro atoms. The van der Waals surface area contributed by atoms with Crippen molar-refractivity contribution >= 4 is 27.7 Å². The molecule has 1 amide bonds. The van der Waals surface area contributed by atoms with Gasteiger partial charge >= 0.3 is 0 Å². The molecule has 2 aromatic rings. The standard InChI is InChI=1S/C11H14BrN7O/c1-19-6-16-9(18-19)2-3-14-11(20)8-4-7(12)5-15-10(8)17-13/h4-6H,2-3,13H2,1H3,(H,14,20)(H,15,17). The number of hydrogen-bond donors (Lipinski definition) is 3. The van der Waals surface area contributed by atoms with Crippen LogP contribution in [0.25, 0.3) is 0 Å². The Balaban J connectivity index is 1.96. The number of aromatic nitrogens is 4. The van der Waals surface area contributed by atoms with Crippen molar-refractivity contribution in [3.05, 3.63) is 34.5 Å². The van der Waals surface area contributed by atoms with E-state index in [9.17, 15) is 4.79 Å². The van der Waals surface area contributed by atoms with Gasteiger partial charge in [-0.25, -0.2) is 15.8 Å². The summed E-state index contributed by atoms with van der Waals surface area (Å²) in [5.74, 6) is 6.07. The molecule has 2 heterocycles. The molecule has 0 saturated carbocycles. The number of hydrogen-bond acceptors (Lipinski definition) is 6. The molecule has 2 aromatic heterocycles. The monoisotopic (exact) mass is 339 g/mol. The van der Waals surface area contributed by atoms with E-state index in [0.717, 1.165) is 0 Å². The van der Waals surface area contributed by atoms with Gasteiger partial charge in [0.2, 0.25) is 0 Å². The number of carbonyl (C=O) groups is 1. The molecule has 0 fully saturated rings. The lowest BCUT2D eigenvalue weighted by atomic mass is 10.2. The van der Waals surface area contributed by atoms with Gasteiger partial charge in [-0.05, 0) is 22.0 Å². The van der Waals surface area contributed by atoms with Gasteiger partial charge in [0.05, 0.1) is 5.56 Å². The highest BCUT2D eigenvalue weighted by Crippen LogP contribution is 2.16. The number of nitrogens with zero attached hydrogens (tertiary/aromatic N) is 4. The van der Waals surface area contributed by atoms with E-state index < -0.39 is 0 Å². The summed E-state index contributed by atoms with van der Waals surface area (Å²) in [6, 6.07) is 1.65. The first-order chi connectivity index (χ1) is 9.60. The van der Waals surface area contributed by atoms with Crippen LogP contribution in [0.3, 0.4) is 0 Å². The maximum atomic E-state index is 12.1. The molecular weight excluding hydrogens is 326 g/mol. The van der Waals surface area contributed by atoms with Gasteiger partial charge in [-0.1, -0.05) is 0 Å². The lowest BCUT2D eigenvalue weighted by Gasteiger charge is -2.08. The Morgan fingerprint density at radius 3 is 2.95 bits per heavy atom. The van der Waals surface area contributed by atoms with E-state index in [-0.39, 0.29) is 5.91 Å². The lowest BCUT2D eigenvalue weighted by molar-refractivity contribution is 0.0954. The number of carbonyl (C=O) groups excluding carboxylic acids is 1. The highest BCUT2D eigenvalue weighted by Gasteiger charge is 2.12. The van der Waals surface area contributed by atoms with Crippen LogP contribution in [-0.4, -0.2) is 32.2 Å². The van der Waals surface area contributed by atoms with E-state index >= 15 is 0 Å². The van der Waals surface area contributed by atoms with E-state index in [4.69, 9.17) is 5.84 Å². The number of pyridine rings is 1. The maximum Gasteiger partial charge on any atom is 0.255 e. The normalized spacial score (nSPS) is 10.3. The molecule has 0 aliphatic heterocycles. The van der Waals surface area contributed by atoms with Gasteiger partial charge in [-0.15, -0.1) is 0 Å². The van der Waals surface area contributed by atoms with Crippen molar-refractivity contribution in [2.45, 2.75) is 6.42 Å². The van der Waals surface area contributed by atoms with Gasteiger partial charge in [0.15, 0.2) is 11.6 Å².